The number of nitrogens with zero attached hydrogens (tertiary/aromatic N) is 2. The van der Waals surface area contributed by atoms with E-state index in [9.17, 15) is 9.59 Å². The van der Waals surface area contributed by atoms with Crippen LogP contribution in [-0.4, -0.2) is 15.5 Å². The number of aromatic nitrogens is 2. The number of carbonyl (C=O) groups excluding carboxylic acids is 1. The van der Waals surface area contributed by atoms with E-state index in [1.165, 1.54) is 10.6 Å². The highest BCUT2D eigenvalue weighted by molar-refractivity contribution is 5.90. The van der Waals surface area contributed by atoms with Gasteiger partial charge in [-0.1, -0.05) is 25.1 Å². The van der Waals surface area contributed by atoms with Gasteiger partial charge in [0.25, 0.3) is 5.56 Å². The molecule has 6 nitrogen and oxygen atoms in total. The second-order valence-corrected chi connectivity index (χ2v) is 7.25. The Hall–Kier alpha value is -3.41. The van der Waals surface area contributed by atoms with Crippen LogP contribution in [0, 0.1) is 20.8 Å². The number of nitrogens with one attached hydrogen (secondary N) is 2. The SMILES string of the molecule is CCc1cccc(NC(=O)Cn2c(Nc3cc(C)cc(C)c3)nc(C)cc2=O)c1. The maximum Gasteiger partial charge on any atom is 0.255 e. The first kappa shape index (κ1) is 20.3. The molecule has 0 fully saturated rings. The number of rotatable bonds is 6. The van der Waals surface area contributed by atoms with Crippen molar-refractivity contribution in [1.29, 1.82) is 0 Å². The number of amides is 1. The van der Waals surface area contributed by atoms with Crippen molar-refractivity contribution >= 4 is 23.2 Å². The third kappa shape index (κ3) is 5.31. The van der Waals surface area contributed by atoms with E-state index in [1.807, 2.05) is 50.2 Å². The van der Waals surface area contributed by atoms with E-state index in [2.05, 4.69) is 28.6 Å². The van der Waals surface area contributed by atoms with Crippen molar-refractivity contribution in [3.63, 3.8) is 0 Å². The van der Waals surface area contributed by atoms with Crippen molar-refractivity contribution < 1.29 is 4.79 Å². The minimum atomic E-state index is -0.283. The molecule has 0 aliphatic rings. The van der Waals surface area contributed by atoms with Crippen LogP contribution in [0.5, 0.6) is 0 Å². The van der Waals surface area contributed by atoms with E-state index in [1.54, 1.807) is 6.92 Å². The van der Waals surface area contributed by atoms with Crippen LogP contribution in [0.2, 0.25) is 0 Å². The monoisotopic (exact) mass is 390 g/mol. The van der Waals surface area contributed by atoms with Crippen molar-refractivity contribution in [2.45, 2.75) is 40.7 Å². The predicted molar refractivity (Wildman–Crippen MR) is 117 cm³/mol. The van der Waals surface area contributed by atoms with Crippen LogP contribution in [0.1, 0.15) is 29.3 Å². The fourth-order valence-electron chi connectivity index (χ4n) is 3.26. The van der Waals surface area contributed by atoms with Gasteiger partial charge in [-0.25, -0.2) is 4.98 Å². The zero-order chi connectivity index (χ0) is 21.0. The lowest BCUT2D eigenvalue weighted by atomic mass is 10.1. The largest absolute Gasteiger partial charge is 0.325 e. The molecule has 2 N–H and O–H groups in total. The molecule has 0 spiro atoms. The second kappa shape index (κ2) is 8.73. The summed E-state index contributed by atoms with van der Waals surface area (Å²) in [5.41, 5.74) is 5.19. The van der Waals surface area contributed by atoms with Crippen molar-refractivity contribution in [2.24, 2.45) is 0 Å². The van der Waals surface area contributed by atoms with Gasteiger partial charge in [0.1, 0.15) is 6.54 Å². The van der Waals surface area contributed by atoms with Gasteiger partial charge in [-0.2, -0.15) is 0 Å². The summed E-state index contributed by atoms with van der Waals surface area (Å²) < 4.78 is 1.35. The van der Waals surface area contributed by atoms with Gasteiger partial charge in [0.05, 0.1) is 0 Å². The minimum Gasteiger partial charge on any atom is -0.325 e. The molecule has 0 unspecified atom stereocenters. The zero-order valence-corrected chi connectivity index (χ0v) is 17.2. The number of aryl methyl sites for hydroxylation is 4. The maximum atomic E-state index is 12.6. The zero-order valence-electron chi connectivity index (χ0n) is 17.2. The molecule has 0 atom stereocenters. The molecule has 1 aromatic heterocycles. The van der Waals surface area contributed by atoms with Gasteiger partial charge in [-0.15, -0.1) is 0 Å². The average Bonchev–Trinajstić information content (AvgIpc) is 2.64. The molecular weight excluding hydrogens is 364 g/mol. The summed E-state index contributed by atoms with van der Waals surface area (Å²) in [6.45, 7) is 7.70. The van der Waals surface area contributed by atoms with Gasteiger partial charge >= 0.3 is 0 Å². The van der Waals surface area contributed by atoms with Crippen LogP contribution >= 0.6 is 0 Å². The van der Waals surface area contributed by atoms with Gasteiger partial charge < -0.3 is 10.6 Å². The Morgan fingerprint density at radius 1 is 1.00 bits per heavy atom. The van der Waals surface area contributed by atoms with E-state index >= 15 is 0 Å². The smallest absolute Gasteiger partial charge is 0.255 e. The summed E-state index contributed by atoms with van der Waals surface area (Å²) in [5, 5.41) is 6.06. The van der Waals surface area contributed by atoms with Crippen molar-refractivity contribution in [1.82, 2.24) is 9.55 Å². The summed E-state index contributed by atoms with van der Waals surface area (Å²) in [4.78, 5) is 29.6. The molecule has 1 heterocycles. The number of benzene rings is 2. The number of hydrogen-bond acceptors (Lipinski definition) is 4. The number of hydrogen-bond donors (Lipinski definition) is 2. The summed E-state index contributed by atoms with van der Waals surface area (Å²) in [6, 6.07) is 15.1. The molecule has 6 heteroatoms. The van der Waals surface area contributed by atoms with Gasteiger partial charge in [-0.05, 0) is 68.1 Å². The van der Waals surface area contributed by atoms with E-state index in [0.717, 1.165) is 28.8 Å². The molecule has 150 valence electrons. The van der Waals surface area contributed by atoms with Crippen molar-refractivity contribution in [3.8, 4) is 0 Å². The van der Waals surface area contributed by atoms with E-state index in [4.69, 9.17) is 0 Å². The van der Waals surface area contributed by atoms with Gasteiger partial charge in [0, 0.05) is 23.1 Å². The Bertz CT molecular complexity index is 1080. The standard InChI is InChI=1S/C23H26N4O2/c1-5-18-7-6-8-19(13-18)25-21(28)14-27-22(29)12-17(4)24-23(27)26-20-10-15(2)9-16(3)11-20/h6-13H,5,14H2,1-4H3,(H,24,26)(H,25,28). The van der Waals surface area contributed by atoms with Crippen LogP contribution in [0.15, 0.2) is 53.3 Å². The summed E-state index contributed by atoms with van der Waals surface area (Å²) in [5.74, 6) is 0.0620. The molecule has 3 aromatic rings. The summed E-state index contributed by atoms with van der Waals surface area (Å²) in [7, 11) is 0. The first-order valence-electron chi connectivity index (χ1n) is 9.66. The van der Waals surface area contributed by atoms with E-state index in [0.29, 0.717) is 17.3 Å². The molecule has 2 aromatic carbocycles. The molecule has 3 rings (SSSR count). The van der Waals surface area contributed by atoms with Crippen LogP contribution in [-0.2, 0) is 17.8 Å². The van der Waals surface area contributed by atoms with Crippen molar-refractivity contribution in [3.05, 3.63) is 81.3 Å². The van der Waals surface area contributed by atoms with Crippen LogP contribution in [0.4, 0.5) is 17.3 Å². The Kier molecular flexibility index (Phi) is 6.12. The Balaban J connectivity index is 1.86. The highest BCUT2D eigenvalue weighted by Crippen LogP contribution is 2.18. The molecule has 0 aliphatic carbocycles. The Labute approximate surface area is 170 Å². The topological polar surface area (TPSA) is 76.0 Å². The molecule has 0 radical (unpaired) electrons. The molecule has 29 heavy (non-hydrogen) atoms. The van der Waals surface area contributed by atoms with Crippen LogP contribution in [0.25, 0.3) is 0 Å². The first-order valence-corrected chi connectivity index (χ1v) is 9.66. The molecule has 0 bridgehead atoms. The summed E-state index contributed by atoms with van der Waals surface area (Å²) >= 11 is 0. The molecule has 0 aliphatic heterocycles. The fraction of sp³-hybridized carbons (Fsp3) is 0.261. The predicted octanol–water partition coefficient (Wildman–Crippen LogP) is 4.11. The molecule has 1 amide bonds. The first-order chi connectivity index (χ1) is 13.8. The average molecular weight is 390 g/mol. The molecular formula is C23H26N4O2. The van der Waals surface area contributed by atoms with Crippen molar-refractivity contribution in [2.75, 3.05) is 10.6 Å². The Morgan fingerprint density at radius 3 is 2.41 bits per heavy atom. The van der Waals surface area contributed by atoms with Gasteiger partial charge in [-0.3, -0.25) is 14.2 Å². The molecule has 0 saturated heterocycles. The quantitative estimate of drug-likeness (QED) is 0.664. The van der Waals surface area contributed by atoms with E-state index in [-0.39, 0.29) is 18.0 Å². The lowest BCUT2D eigenvalue weighted by Gasteiger charge is -2.15. The Morgan fingerprint density at radius 2 is 1.72 bits per heavy atom. The van der Waals surface area contributed by atoms with E-state index < -0.39 is 0 Å². The normalized spacial score (nSPS) is 10.6. The maximum absolute atomic E-state index is 12.6. The van der Waals surface area contributed by atoms with Gasteiger partial charge in [0.15, 0.2) is 0 Å². The second-order valence-electron chi connectivity index (χ2n) is 7.25. The third-order valence-electron chi connectivity index (χ3n) is 4.53. The minimum absolute atomic E-state index is 0.129. The van der Waals surface area contributed by atoms with Gasteiger partial charge in [0.2, 0.25) is 11.9 Å². The van der Waals surface area contributed by atoms with Crippen LogP contribution in [0.3, 0.4) is 0 Å². The number of anilines is 3. The lowest BCUT2D eigenvalue weighted by molar-refractivity contribution is -0.116. The lowest BCUT2D eigenvalue weighted by Crippen LogP contribution is -2.30. The molecule has 0 saturated carbocycles. The highest BCUT2D eigenvalue weighted by Gasteiger charge is 2.12. The number of carbonyl (C=O) groups is 1. The highest BCUT2D eigenvalue weighted by atomic mass is 16.2. The summed E-state index contributed by atoms with van der Waals surface area (Å²) in [6.07, 6.45) is 0.884. The fourth-order valence-corrected chi connectivity index (χ4v) is 3.26. The van der Waals surface area contributed by atoms with Crippen LogP contribution < -0.4 is 16.2 Å². The third-order valence-corrected chi connectivity index (χ3v) is 4.53.